The van der Waals surface area contributed by atoms with Gasteiger partial charge in [-0.2, -0.15) is 0 Å². The normalized spacial score (nSPS) is 12.4. The minimum atomic E-state index is -0.224. The molecule has 0 unspecified atom stereocenters. The Morgan fingerprint density at radius 3 is 2.12 bits per heavy atom. The fraction of sp³-hybridized carbons (Fsp3) is 0.357. The standard InChI is InChI=1S/C28H34N4O/c1-17-10-11-22(18(2)14-17)30-25-23(31-26-29-12-9-13-32(25)26)19-15-20(27(3,4)5)24(33)21(16-19)28(6,7)8/h9-16,30,33H,1-8H3. The molecule has 0 aliphatic heterocycles. The van der Waals surface area contributed by atoms with Crippen molar-refractivity contribution in [1.29, 1.82) is 0 Å². The van der Waals surface area contributed by atoms with Crippen LogP contribution in [-0.2, 0) is 10.8 Å². The van der Waals surface area contributed by atoms with Crippen molar-refractivity contribution in [2.45, 2.75) is 66.2 Å². The van der Waals surface area contributed by atoms with E-state index in [4.69, 9.17) is 4.98 Å². The zero-order valence-electron chi connectivity index (χ0n) is 20.9. The van der Waals surface area contributed by atoms with Crippen LogP contribution in [0.2, 0.25) is 0 Å². The zero-order valence-corrected chi connectivity index (χ0v) is 20.9. The largest absolute Gasteiger partial charge is 0.507 e. The van der Waals surface area contributed by atoms with Crippen molar-refractivity contribution in [3.63, 3.8) is 0 Å². The summed E-state index contributed by atoms with van der Waals surface area (Å²) in [5, 5.41) is 14.8. The van der Waals surface area contributed by atoms with Crippen molar-refractivity contribution < 1.29 is 5.11 Å². The Bertz CT molecular complexity index is 1300. The first-order valence-electron chi connectivity index (χ1n) is 11.4. The summed E-state index contributed by atoms with van der Waals surface area (Å²) >= 11 is 0. The second kappa shape index (κ2) is 7.91. The lowest BCUT2D eigenvalue weighted by Gasteiger charge is -2.28. The molecule has 0 saturated heterocycles. The van der Waals surface area contributed by atoms with Gasteiger partial charge in [-0.1, -0.05) is 59.2 Å². The Kier molecular flexibility index (Phi) is 5.47. The lowest BCUT2D eigenvalue weighted by molar-refractivity contribution is 0.423. The van der Waals surface area contributed by atoms with E-state index in [9.17, 15) is 5.11 Å². The molecule has 0 aliphatic rings. The van der Waals surface area contributed by atoms with Crippen LogP contribution < -0.4 is 5.32 Å². The fourth-order valence-corrected chi connectivity index (χ4v) is 4.20. The molecule has 5 nitrogen and oxygen atoms in total. The van der Waals surface area contributed by atoms with Gasteiger partial charge in [-0.15, -0.1) is 0 Å². The Balaban J connectivity index is 2.00. The van der Waals surface area contributed by atoms with Crippen LogP contribution in [-0.4, -0.2) is 19.5 Å². The molecule has 2 heterocycles. The number of rotatable bonds is 3. The Morgan fingerprint density at radius 2 is 1.55 bits per heavy atom. The van der Waals surface area contributed by atoms with E-state index in [0.29, 0.717) is 11.5 Å². The molecule has 0 amide bonds. The van der Waals surface area contributed by atoms with E-state index in [2.05, 4.69) is 96.0 Å². The van der Waals surface area contributed by atoms with Crippen LogP contribution in [0.5, 0.6) is 5.75 Å². The van der Waals surface area contributed by atoms with Gasteiger partial charge in [0.15, 0.2) is 0 Å². The second-order valence-electron chi connectivity index (χ2n) is 11.0. The van der Waals surface area contributed by atoms with Crippen LogP contribution in [0.3, 0.4) is 0 Å². The summed E-state index contributed by atoms with van der Waals surface area (Å²) in [5.74, 6) is 1.85. The lowest BCUT2D eigenvalue weighted by Crippen LogP contribution is -2.17. The van der Waals surface area contributed by atoms with Crippen molar-refractivity contribution in [2.24, 2.45) is 0 Å². The summed E-state index contributed by atoms with van der Waals surface area (Å²) in [6.45, 7) is 16.9. The molecule has 172 valence electrons. The van der Waals surface area contributed by atoms with Crippen LogP contribution in [0.25, 0.3) is 17.0 Å². The predicted octanol–water partition coefficient (Wildman–Crippen LogP) is 7.06. The number of anilines is 2. The number of aromatic nitrogens is 3. The SMILES string of the molecule is Cc1ccc(Nc2c(-c3cc(C(C)(C)C)c(O)c(C(C)(C)C)c3)nc3ncccn23)c(C)c1. The van der Waals surface area contributed by atoms with Crippen LogP contribution in [0.1, 0.15) is 63.8 Å². The van der Waals surface area contributed by atoms with E-state index in [1.165, 1.54) is 5.56 Å². The van der Waals surface area contributed by atoms with E-state index in [1.807, 2.05) is 16.7 Å². The van der Waals surface area contributed by atoms with Gasteiger partial charge in [0.05, 0.1) is 0 Å². The monoisotopic (exact) mass is 442 g/mol. The van der Waals surface area contributed by atoms with E-state index >= 15 is 0 Å². The van der Waals surface area contributed by atoms with Gasteiger partial charge < -0.3 is 10.4 Å². The van der Waals surface area contributed by atoms with E-state index < -0.39 is 0 Å². The molecule has 0 spiro atoms. The van der Waals surface area contributed by atoms with Gasteiger partial charge in [0.1, 0.15) is 17.3 Å². The Hall–Kier alpha value is -3.34. The maximum absolute atomic E-state index is 11.2. The number of imidazole rings is 1. The maximum Gasteiger partial charge on any atom is 0.235 e. The van der Waals surface area contributed by atoms with Gasteiger partial charge >= 0.3 is 0 Å². The van der Waals surface area contributed by atoms with Crippen molar-refractivity contribution in [3.05, 3.63) is 71.0 Å². The first kappa shape index (κ1) is 22.8. The molecule has 0 saturated carbocycles. The number of nitrogens with one attached hydrogen (secondary N) is 1. The Morgan fingerprint density at radius 1 is 0.909 bits per heavy atom. The maximum atomic E-state index is 11.2. The molecule has 2 aromatic carbocycles. The van der Waals surface area contributed by atoms with Gasteiger partial charge in [-0.25, -0.2) is 9.97 Å². The Labute approximate surface area is 196 Å². The first-order chi connectivity index (χ1) is 15.4. The van der Waals surface area contributed by atoms with E-state index in [1.54, 1.807) is 6.20 Å². The summed E-state index contributed by atoms with van der Waals surface area (Å²) in [5.41, 5.74) is 6.55. The highest BCUT2D eigenvalue weighted by Crippen LogP contribution is 2.43. The molecule has 2 N–H and O–H groups in total. The van der Waals surface area contributed by atoms with Gasteiger partial charge in [0.2, 0.25) is 5.78 Å². The molecule has 0 radical (unpaired) electrons. The molecule has 0 fully saturated rings. The predicted molar refractivity (Wildman–Crippen MR) is 137 cm³/mol. The van der Waals surface area contributed by atoms with Gasteiger partial charge in [-0.05, 0) is 54.5 Å². The van der Waals surface area contributed by atoms with Crippen LogP contribution in [0.15, 0.2) is 48.8 Å². The number of phenols is 1. The number of phenolic OH excluding ortho intramolecular Hbond substituents is 1. The number of nitrogens with zero attached hydrogens (tertiary/aromatic N) is 3. The lowest BCUT2D eigenvalue weighted by atomic mass is 9.78. The topological polar surface area (TPSA) is 62.5 Å². The van der Waals surface area contributed by atoms with Crippen molar-refractivity contribution in [3.8, 4) is 17.0 Å². The number of aromatic hydroxyl groups is 1. The third kappa shape index (κ3) is 4.32. The smallest absolute Gasteiger partial charge is 0.235 e. The quantitative estimate of drug-likeness (QED) is 0.357. The molecule has 0 aliphatic carbocycles. The van der Waals surface area contributed by atoms with Gasteiger partial charge in [-0.3, -0.25) is 4.40 Å². The summed E-state index contributed by atoms with van der Waals surface area (Å²) < 4.78 is 1.98. The first-order valence-corrected chi connectivity index (χ1v) is 11.4. The van der Waals surface area contributed by atoms with Crippen LogP contribution in [0, 0.1) is 13.8 Å². The number of aryl methyl sites for hydroxylation is 2. The minimum absolute atomic E-state index is 0.224. The average Bonchev–Trinajstić information content (AvgIpc) is 3.07. The second-order valence-corrected chi connectivity index (χ2v) is 11.0. The molecule has 4 aromatic rings. The molecule has 0 bridgehead atoms. The molecule has 33 heavy (non-hydrogen) atoms. The molecule has 5 heteroatoms. The highest BCUT2D eigenvalue weighted by atomic mass is 16.3. The third-order valence-electron chi connectivity index (χ3n) is 6.04. The fourth-order valence-electron chi connectivity index (χ4n) is 4.20. The molecular formula is C28H34N4O. The number of hydrogen-bond donors (Lipinski definition) is 2. The van der Waals surface area contributed by atoms with Gasteiger partial charge in [0.25, 0.3) is 0 Å². The number of fused-ring (bicyclic) bond motifs is 1. The zero-order chi connectivity index (χ0) is 24.1. The summed E-state index contributed by atoms with van der Waals surface area (Å²) in [4.78, 5) is 9.40. The number of benzene rings is 2. The highest BCUT2D eigenvalue weighted by Gasteiger charge is 2.28. The van der Waals surface area contributed by atoms with Crippen LogP contribution >= 0.6 is 0 Å². The molecule has 4 rings (SSSR count). The summed E-state index contributed by atoms with van der Waals surface area (Å²) in [6.07, 6.45) is 3.73. The molecule has 2 aromatic heterocycles. The summed E-state index contributed by atoms with van der Waals surface area (Å²) in [7, 11) is 0. The van der Waals surface area contributed by atoms with E-state index in [0.717, 1.165) is 39.5 Å². The summed E-state index contributed by atoms with van der Waals surface area (Å²) in [6, 6.07) is 12.4. The van der Waals surface area contributed by atoms with Crippen molar-refractivity contribution in [1.82, 2.24) is 14.4 Å². The van der Waals surface area contributed by atoms with Crippen molar-refractivity contribution in [2.75, 3.05) is 5.32 Å². The molecular weight excluding hydrogens is 408 g/mol. The highest BCUT2D eigenvalue weighted by molar-refractivity contribution is 5.81. The third-order valence-corrected chi connectivity index (χ3v) is 6.04. The van der Waals surface area contributed by atoms with E-state index in [-0.39, 0.29) is 10.8 Å². The number of hydrogen-bond acceptors (Lipinski definition) is 4. The van der Waals surface area contributed by atoms with Gasteiger partial charge in [0, 0.05) is 34.8 Å². The van der Waals surface area contributed by atoms with Crippen molar-refractivity contribution >= 4 is 17.3 Å². The van der Waals surface area contributed by atoms with Crippen LogP contribution in [0.4, 0.5) is 11.5 Å². The minimum Gasteiger partial charge on any atom is -0.507 e. The average molecular weight is 443 g/mol. The molecule has 0 atom stereocenters.